The predicted molar refractivity (Wildman–Crippen MR) is 148 cm³/mol. The van der Waals surface area contributed by atoms with E-state index in [-0.39, 0.29) is 4.90 Å². The zero-order valence-electron chi connectivity index (χ0n) is 18.6. The number of rotatable bonds is 7. The minimum absolute atomic E-state index is 0.273. The van der Waals surface area contributed by atoms with Crippen molar-refractivity contribution >= 4 is 69.9 Å². The first kappa shape index (κ1) is 25.8. The number of piperazine rings is 1. The molecule has 1 unspecified atom stereocenters. The van der Waals surface area contributed by atoms with E-state index in [1.54, 1.807) is 30.3 Å². The van der Waals surface area contributed by atoms with Crippen LogP contribution in [0.3, 0.4) is 0 Å². The summed E-state index contributed by atoms with van der Waals surface area (Å²) in [6.07, 6.45) is -0.975. The van der Waals surface area contributed by atoms with Crippen molar-refractivity contribution in [1.29, 1.82) is 0 Å². The minimum Gasteiger partial charge on any atom is -0.457 e. The largest absolute Gasteiger partial charge is 0.457 e. The Kier molecular flexibility index (Phi) is 7.77. The molecule has 1 saturated heterocycles. The van der Waals surface area contributed by atoms with Crippen LogP contribution in [0.5, 0.6) is 11.5 Å². The molecule has 1 aliphatic heterocycles. The van der Waals surface area contributed by atoms with E-state index in [1.807, 2.05) is 35.2 Å². The molecule has 0 bridgehead atoms. The summed E-state index contributed by atoms with van der Waals surface area (Å²) in [5, 5.41) is 11.5. The van der Waals surface area contributed by atoms with Gasteiger partial charge >= 0.3 is 0 Å². The highest BCUT2D eigenvalue weighted by Gasteiger charge is 2.32. The number of aliphatic hydroxyl groups is 1. The summed E-state index contributed by atoms with van der Waals surface area (Å²) in [4.78, 5) is 6.80. The van der Waals surface area contributed by atoms with E-state index >= 15 is 0 Å². The molecule has 3 heterocycles. The first-order valence-electron chi connectivity index (χ1n) is 10.9. The Balaban J connectivity index is 1.21. The molecule has 1 N–H and O–H groups in total. The molecule has 8 nitrogen and oxygen atoms in total. The highest BCUT2D eigenvalue weighted by molar-refractivity contribution is 9.12. The first-order valence-corrected chi connectivity index (χ1v) is 15.5. The zero-order valence-corrected chi connectivity index (χ0v) is 24.2. The lowest BCUT2D eigenvalue weighted by molar-refractivity contribution is 0.211. The van der Waals surface area contributed by atoms with Gasteiger partial charge in [-0.3, -0.25) is 0 Å². The average Bonchev–Trinajstić information content (AvgIpc) is 3.51. The van der Waals surface area contributed by atoms with Gasteiger partial charge in [0.2, 0.25) is 15.2 Å². The molecule has 36 heavy (non-hydrogen) atoms. The van der Waals surface area contributed by atoms with E-state index in [0.29, 0.717) is 52.2 Å². The maximum Gasteiger partial charge on any atom is 0.245 e. The van der Waals surface area contributed by atoms with Gasteiger partial charge in [0, 0.05) is 37.7 Å². The molecule has 1 fully saturated rings. The first-order chi connectivity index (χ1) is 17.3. The number of para-hydroxylation sites is 1. The second-order valence-corrected chi connectivity index (χ2v) is 14.3. The highest BCUT2D eigenvalue weighted by atomic mass is 79.9. The number of anilines is 1. The van der Waals surface area contributed by atoms with Crippen LogP contribution in [0.4, 0.5) is 5.13 Å². The average molecular weight is 672 g/mol. The van der Waals surface area contributed by atoms with Crippen LogP contribution < -0.4 is 9.64 Å². The quantitative estimate of drug-likeness (QED) is 0.277. The Hall–Kier alpha value is -1.87. The molecule has 0 radical (unpaired) electrons. The van der Waals surface area contributed by atoms with E-state index < -0.39 is 16.1 Å². The van der Waals surface area contributed by atoms with E-state index in [9.17, 15) is 13.5 Å². The topological polar surface area (TPSA) is 95.9 Å². The molecule has 0 saturated carbocycles. The number of ether oxygens (including phenoxy) is 1. The number of aliphatic hydroxyl groups excluding tert-OH is 1. The number of hydrogen-bond acceptors (Lipinski definition) is 9. The molecule has 1 aliphatic rings. The number of halogens is 2. The fourth-order valence-electron chi connectivity index (χ4n) is 3.72. The van der Waals surface area contributed by atoms with Crippen LogP contribution in [0.2, 0.25) is 0 Å². The number of nitrogens with zero attached hydrogens (tertiary/aromatic N) is 4. The molecule has 4 aromatic rings. The van der Waals surface area contributed by atoms with E-state index in [2.05, 4.69) is 41.2 Å². The van der Waals surface area contributed by atoms with Crippen molar-refractivity contribution in [2.24, 2.45) is 0 Å². The Morgan fingerprint density at radius 2 is 1.64 bits per heavy atom. The predicted octanol–water partition coefficient (Wildman–Crippen LogP) is 5.51. The molecule has 0 spiro atoms. The van der Waals surface area contributed by atoms with Gasteiger partial charge in [0.15, 0.2) is 5.82 Å². The summed E-state index contributed by atoms with van der Waals surface area (Å²) >= 11 is 9.22. The van der Waals surface area contributed by atoms with Crippen LogP contribution in [0.1, 0.15) is 17.5 Å². The minimum atomic E-state index is -3.59. The van der Waals surface area contributed by atoms with Crippen molar-refractivity contribution in [3.05, 3.63) is 79.6 Å². The van der Waals surface area contributed by atoms with Gasteiger partial charge in [0.25, 0.3) is 0 Å². The van der Waals surface area contributed by atoms with Gasteiger partial charge in [-0.25, -0.2) is 13.4 Å². The van der Waals surface area contributed by atoms with Crippen LogP contribution in [0, 0.1) is 0 Å². The van der Waals surface area contributed by atoms with Gasteiger partial charge < -0.3 is 14.7 Å². The number of sulfonamides is 1. The third-order valence-corrected chi connectivity index (χ3v) is 11.0. The van der Waals surface area contributed by atoms with Gasteiger partial charge in [0.05, 0.1) is 7.57 Å². The lowest BCUT2D eigenvalue weighted by Gasteiger charge is -2.33. The smallest absolute Gasteiger partial charge is 0.245 e. The Morgan fingerprint density at radius 1 is 0.972 bits per heavy atom. The number of aromatic nitrogens is 2. The molecule has 0 aliphatic carbocycles. The van der Waals surface area contributed by atoms with Gasteiger partial charge in [-0.2, -0.15) is 8.68 Å². The lowest BCUT2D eigenvalue weighted by Crippen LogP contribution is -2.48. The fraction of sp³-hybridized carbons (Fsp3) is 0.217. The van der Waals surface area contributed by atoms with Crippen LogP contribution in [0.15, 0.2) is 73.1 Å². The maximum atomic E-state index is 13.0. The van der Waals surface area contributed by atoms with Crippen molar-refractivity contribution in [2.45, 2.75) is 11.0 Å². The maximum absolute atomic E-state index is 13.0. The fourth-order valence-corrected chi connectivity index (χ4v) is 9.65. The summed E-state index contributed by atoms with van der Waals surface area (Å²) in [7, 11) is -3.59. The second kappa shape index (κ2) is 10.9. The monoisotopic (exact) mass is 670 g/mol. The van der Waals surface area contributed by atoms with Crippen molar-refractivity contribution in [3.8, 4) is 11.5 Å². The van der Waals surface area contributed by atoms with Crippen LogP contribution in [-0.4, -0.2) is 53.4 Å². The van der Waals surface area contributed by atoms with Crippen molar-refractivity contribution in [2.75, 3.05) is 31.1 Å². The Bertz CT molecular complexity index is 1440. The SMILES string of the molecule is O=S(=O)(c1cc(Br)sc1Br)N1CCN(c2nc(C(O)c3ccc(Oc4ccccc4)cc3)ns2)CC1. The van der Waals surface area contributed by atoms with Crippen LogP contribution in [0.25, 0.3) is 0 Å². The van der Waals surface area contributed by atoms with Gasteiger partial charge in [-0.15, -0.1) is 11.3 Å². The van der Waals surface area contributed by atoms with Gasteiger partial charge in [0.1, 0.15) is 22.5 Å². The van der Waals surface area contributed by atoms with Crippen molar-refractivity contribution < 1.29 is 18.3 Å². The summed E-state index contributed by atoms with van der Waals surface area (Å²) in [5.74, 6) is 1.72. The molecule has 0 amide bonds. The number of hydrogen-bond donors (Lipinski definition) is 1. The second-order valence-electron chi connectivity index (χ2n) is 7.90. The summed E-state index contributed by atoms with van der Waals surface area (Å²) < 4.78 is 39.1. The van der Waals surface area contributed by atoms with Crippen LogP contribution >= 0.6 is 54.7 Å². The molecule has 13 heteroatoms. The molecule has 1 atom stereocenters. The summed E-state index contributed by atoms with van der Waals surface area (Å²) in [5.41, 5.74) is 0.656. The van der Waals surface area contributed by atoms with Crippen molar-refractivity contribution in [1.82, 2.24) is 13.7 Å². The van der Waals surface area contributed by atoms with E-state index in [4.69, 9.17) is 4.74 Å². The number of thiophene rings is 1. The normalized spacial score (nSPS) is 15.7. The molecule has 2 aromatic carbocycles. The highest BCUT2D eigenvalue weighted by Crippen LogP contribution is 2.37. The summed E-state index contributed by atoms with van der Waals surface area (Å²) in [6.45, 7) is 1.64. The molecule has 188 valence electrons. The van der Waals surface area contributed by atoms with E-state index in [1.165, 1.54) is 27.2 Å². The van der Waals surface area contributed by atoms with Crippen LogP contribution in [-0.2, 0) is 10.0 Å². The van der Waals surface area contributed by atoms with Crippen molar-refractivity contribution in [3.63, 3.8) is 0 Å². The third kappa shape index (κ3) is 5.52. The molecule has 5 rings (SSSR count). The molecular weight excluding hydrogens is 652 g/mol. The number of benzene rings is 2. The van der Waals surface area contributed by atoms with E-state index in [0.717, 1.165) is 9.54 Å². The van der Waals surface area contributed by atoms with Gasteiger partial charge in [-0.05, 0) is 67.8 Å². The Labute approximate surface area is 233 Å². The lowest BCUT2D eigenvalue weighted by atomic mass is 10.1. The zero-order chi connectivity index (χ0) is 25.3. The Morgan fingerprint density at radius 3 is 2.28 bits per heavy atom. The van der Waals surface area contributed by atoms with Gasteiger partial charge in [-0.1, -0.05) is 30.3 Å². The molecular formula is C23H20Br2N4O4S3. The summed E-state index contributed by atoms with van der Waals surface area (Å²) in [6, 6.07) is 18.3. The molecule has 2 aromatic heterocycles. The third-order valence-electron chi connectivity index (χ3n) is 5.60. The standard InChI is InChI=1S/C23H20Br2N4O4S3/c24-19-14-18(21(25)34-19)36(31,32)29-12-10-28(11-13-29)23-26-22(27-35-23)20(30)15-6-8-17(9-7-15)33-16-4-2-1-3-5-16/h1-9,14,20,30H,10-13H2.